The molecule has 2 aliphatic rings. The molecule has 0 radical (unpaired) electrons. The number of nitrogens with zero attached hydrogens (tertiary/aromatic N) is 1. The zero-order valence-electron chi connectivity index (χ0n) is 10.9. The normalized spacial score (nSPS) is 36.6. The predicted molar refractivity (Wildman–Crippen MR) is 64.5 cm³/mol. The van der Waals surface area contributed by atoms with E-state index in [1.165, 1.54) is 12.8 Å². The van der Waals surface area contributed by atoms with Crippen LogP contribution in [0, 0.1) is 5.92 Å². The SMILES string of the molecule is CC(O)C(C)C(=O)OC1C[C@H]2CC[C@@H](C1)N2C. The Hall–Kier alpha value is -0.610. The highest BCUT2D eigenvalue weighted by molar-refractivity contribution is 5.72. The van der Waals surface area contributed by atoms with Gasteiger partial charge in [0, 0.05) is 12.1 Å². The lowest BCUT2D eigenvalue weighted by molar-refractivity contribution is -0.160. The van der Waals surface area contributed by atoms with Crippen LogP contribution in [0.5, 0.6) is 0 Å². The number of hydrogen-bond donors (Lipinski definition) is 1. The Morgan fingerprint density at radius 2 is 1.82 bits per heavy atom. The first-order valence-electron chi connectivity index (χ1n) is 6.59. The third-order valence-corrected chi connectivity index (χ3v) is 4.43. The fourth-order valence-electron chi connectivity index (χ4n) is 2.93. The number of esters is 1. The zero-order valence-corrected chi connectivity index (χ0v) is 10.9. The molecule has 2 saturated heterocycles. The number of aliphatic hydroxyl groups excluding tert-OH is 1. The summed E-state index contributed by atoms with van der Waals surface area (Å²) in [7, 11) is 2.17. The molecule has 0 saturated carbocycles. The molecule has 2 bridgehead atoms. The van der Waals surface area contributed by atoms with Crippen LogP contribution < -0.4 is 0 Å². The van der Waals surface area contributed by atoms with Crippen LogP contribution in [0.1, 0.15) is 39.5 Å². The summed E-state index contributed by atoms with van der Waals surface area (Å²) >= 11 is 0. The van der Waals surface area contributed by atoms with E-state index in [1.807, 2.05) is 0 Å². The molecule has 1 N–H and O–H groups in total. The maximum atomic E-state index is 11.8. The molecular weight excluding hydrogens is 218 g/mol. The van der Waals surface area contributed by atoms with Gasteiger partial charge in [-0.25, -0.2) is 0 Å². The van der Waals surface area contributed by atoms with E-state index in [4.69, 9.17) is 4.74 Å². The Morgan fingerprint density at radius 3 is 2.29 bits per heavy atom. The standard InChI is InChI=1S/C13H23NO3/c1-8(9(2)15)13(16)17-12-6-10-4-5-11(7-12)14(10)3/h8-12,15H,4-7H2,1-3H3/t8?,9?,10-,11+,12?. The van der Waals surface area contributed by atoms with Gasteiger partial charge in [0.05, 0.1) is 12.0 Å². The molecule has 2 heterocycles. The van der Waals surface area contributed by atoms with Crippen LogP contribution in [-0.2, 0) is 9.53 Å². The summed E-state index contributed by atoms with van der Waals surface area (Å²) in [6.45, 7) is 3.35. The summed E-state index contributed by atoms with van der Waals surface area (Å²) < 4.78 is 5.52. The Bertz CT molecular complexity index is 278. The van der Waals surface area contributed by atoms with Gasteiger partial charge in [-0.05, 0) is 46.6 Å². The van der Waals surface area contributed by atoms with Crippen molar-refractivity contribution in [3.8, 4) is 0 Å². The summed E-state index contributed by atoms with van der Waals surface area (Å²) in [6.07, 6.45) is 3.77. The van der Waals surface area contributed by atoms with Crippen molar-refractivity contribution in [3.63, 3.8) is 0 Å². The average Bonchev–Trinajstić information content (AvgIpc) is 2.52. The van der Waals surface area contributed by atoms with Gasteiger partial charge in [0.2, 0.25) is 0 Å². The van der Waals surface area contributed by atoms with E-state index < -0.39 is 12.0 Å². The number of ether oxygens (including phenoxy) is 1. The van der Waals surface area contributed by atoms with Crippen molar-refractivity contribution in [2.45, 2.75) is 63.8 Å². The van der Waals surface area contributed by atoms with Gasteiger partial charge in [-0.3, -0.25) is 4.79 Å². The van der Waals surface area contributed by atoms with Gasteiger partial charge in [0.1, 0.15) is 6.10 Å². The highest BCUT2D eigenvalue weighted by atomic mass is 16.5. The van der Waals surface area contributed by atoms with Gasteiger partial charge in [-0.2, -0.15) is 0 Å². The van der Waals surface area contributed by atoms with Crippen molar-refractivity contribution in [1.82, 2.24) is 4.90 Å². The predicted octanol–water partition coefficient (Wildman–Crippen LogP) is 1.17. The molecule has 4 nitrogen and oxygen atoms in total. The molecular formula is C13H23NO3. The van der Waals surface area contributed by atoms with E-state index in [2.05, 4.69) is 11.9 Å². The fraction of sp³-hybridized carbons (Fsp3) is 0.923. The number of rotatable bonds is 3. The van der Waals surface area contributed by atoms with Crippen LogP contribution in [0.2, 0.25) is 0 Å². The molecule has 0 aromatic carbocycles. The van der Waals surface area contributed by atoms with E-state index in [0.29, 0.717) is 12.1 Å². The first-order chi connectivity index (χ1) is 7.99. The van der Waals surface area contributed by atoms with Gasteiger partial charge < -0.3 is 14.7 Å². The molecule has 2 aliphatic heterocycles. The second kappa shape index (κ2) is 4.94. The average molecular weight is 241 g/mol. The highest BCUT2D eigenvalue weighted by Gasteiger charge is 2.40. The minimum Gasteiger partial charge on any atom is -0.462 e. The third-order valence-electron chi connectivity index (χ3n) is 4.43. The molecule has 2 rings (SSSR count). The Labute approximate surface area is 103 Å². The van der Waals surface area contributed by atoms with Crippen molar-refractivity contribution in [1.29, 1.82) is 0 Å². The lowest BCUT2D eigenvalue weighted by atomic mass is 10.00. The Balaban J connectivity index is 1.87. The van der Waals surface area contributed by atoms with Crippen LogP contribution in [0.15, 0.2) is 0 Å². The summed E-state index contributed by atoms with van der Waals surface area (Å²) in [6, 6.07) is 1.15. The van der Waals surface area contributed by atoms with Crippen LogP contribution in [-0.4, -0.2) is 47.3 Å². The molecule has 0 aromatic rings. The third kappa shape index (κ3) is 2.63. The van der Waals surface area contributed by atoms with Crippen molar-refractivity contribution in [2.24, 2.45) is 5.92 Å². The lowest BCUT2D eigenvalue weighted by Crippen LogP contribution is -2.44. The largest absolute Gasteiger partial charge is 0.462 e. The van der Waals surface area contributed by atoms with Crippen molar-refractivity contribution in [2.75, 3.05) is 7.05 Å². The van der Waals surface area contributed by atoms with Crippen LogP contribution in [0.4, 0.5) is 0 Å². The number of aliphatic hydroxyl groups is 1. The molecule has 0 aliphatic carbocycles. The number of fused-ring (bicyclic) bond motifs is 2. The molecule has 0 amide bonds. The van der Waals surface area contributed by atoms with E-state index in [1.54, 1.807) is 13.8 Å². The summed E-state index contributed by atoms with van der Waals surface area (Å²) in [5.74, 6) is -0.679. The minimum atomic E-state index is -0.634. The molecule has 0 aromatic heterocycles. The minimum absolute atomic E-state index is 0.0531. The van der Waals surface area contributed by atoms with Crippen molar-refractivity contribution in [3.05, 3.63) is 0 Å². The second-order valence-corrected chi connectivity index (χ2v) is 5.61. The van der Waals surface area contributed by atoms with Gasteiger partial charge in [0.25, 0.3) is 0 Å². The monoisotopic (exact) mass is 241 g/mol. The lowest BCUT2D eigenvalue weighted by Gasteiger charge is -2.36. The number of piperidine rings is 1. The number of carbonyl (C=O) groups excluding carboxylic acids is 1. The molecule has 2 fully saturated rings. The van der Waals surface area contributed by atoms with E-state index >= 15 is 0 Å². The van der Waals surface area contributed by atoms with Crippen LogP contribution in [0.25, 0.3) is 0 Å². The topological polar surface area (TPSA) is 49.8 Å². The van der Waals surface area contributed by atoms with Gasteiger partial charge in [-0.15, -0.1) is 0 Å². The zero-order chi connectivity index (χ0) is 12.6. The maximum Gasteiger partial charge on any atom is 0.311 e. The van der Waals surface area contributed by atoms with E-state index in [-0.39, 0.29) is 12.1 Å². The summed E-state index contributed by atoms with van der Waals surface area (Å²) in [5, 5.41) is 9.37. The second-order valence-electron chi connectivity index (χ2n) is 5.61. The molecule has 5 atom stereocenters. The van der Waals surface area contributed by atoms with Crippen LogP contribution >= 0.6 is 0 Å². The molecule has 0 spiro atoms. The van der Waals surface area contributed by atoms with Gasteiger partial charge in [0.15, 0.2) is 0 Å². The highest BCUT2D eigenvalue weighted by Crippen LogP contribution is 2.35. The molecule has 4 heteroatoms. The first-order valence-corrected chi connectivity index (χ1v) is 6.59. The summed E-state index contributed by atoms with van der Waals surface area (Å²) in [4.78, 5) is 14.2. The van der Waals surface area contributed by atoms with Crippen molar-refractivity contribution < 1.29 is 14.6 Å². The van der Waals surface area contributed by atoms with Gasteiger partial charge >= 0.3 is 5.97 Å². The number of hydrogen-bond acceptors (Lipinski definition) is 4. The van der Waals surface area contributed by atoms with E-state index in [0.717, 1.165) is 12.8 Å². The summed E-state index contributed by atoms with van der Waals surface area (Å²) in [5.41, 5.74) is 0. The van der Waals surface area contributed by atoms with Gasteiger partial charge in [-0.1, -0.05) is 0 Å². The first kappa shape index (κ1) is 12.8. The smallest absolute Gasteiger partial charge is 0.311 e. The maximum absolute atomic E-state index is 11.8. The Kier molecular flexibility index (Phi) is 3.73. The number of carbonyl (C=O) groups is 1. The van der Waals surface area contributed by atoms with E-state index in [9.17, 15) is 9.90 Å². The fourth-order valence-corrected chi connectivity index (χ4v) is 2.93. The molecule has 17 heavy (non-hydrogen) atoms. The molecule has 98 valence electrons. The van der Waals surface area contributed by atoms with Crippen LogP contribution in [0.3, 0.4) is 0 Å². The quantitative estimate of drug-likeness (QED) is 0.754. The Morgan fingerprint density at radius 1 is 1.29 bits per heavy atom. The molecule has 3 unspecified atom stereocenters. The van der Waals surface area contributed by atoms with Crippen molar-refractivity contribution >= 4 is 5.97 Å².